The Morgan fingerprint density at radius 2 is 1.63 bits per heavy atom. The average molecular weight is 549 g/mol. The van der Waals surface area contributed by atoms with Crippen molar-refractivity contribution in [2.75, 3.05) is 31.1 Å². The Hall–Kier alpha value is -3.18. The Kier molecular flexibility index (Phi) is 6.61. The first-order chi connectivity index (χ1) is 17.0. The van der Waals surface area contributed by atoms with E-state index in [2.05, 4.69) is 73.2 Å². The van der Waals surface area contributed by atoms with Crippen LogP contribution in [0.4, 0.5) is 5.69 Å². The van der Waals surface area contributed by atoms with Crippen LogP contribution in [0.15, 0.2) is 76.1 Å². The standard InChI is InChI=1S/C27H23BrClN5O/c1-32-22-11-12-23(28)31-24(22)26(21(17-30)27(32)35)34-15-13-33(14-16-34)25(18-5-3-2-4-6-18)19-7-9-20(29)10-8-19/h2-12,25H,13-16H2,1H3/t25-/m0/s1. The summed E-state index contributed by atoms with van der Waals surface area (Å²) in [6.45, 7) is 2.86. The predicted octanol–water partition coefficient (Wildman–Crippen LogP) is 5.13. The maximum atomic E-state index is 13.0. The van der Waals surface area contributed by atoms with E-state index in [4.69, 9.17) is 11.6 Å². The van der Waals surface area contributed by atoms with Crippen LogP contribution in [0.3, 0.4) is 0 Å². The second-order valence-electron chi connectivity index (χ2n) is 8.59. The molecule has 5 rings (SSSR count). The zero-order valence-corrected chi connectivity index (χ0v) is 21.5. The number of aromatic nitrogens is 2. The second kappa shape index (κ2) is 9.82. The maximum Gasteiger partial charge on any atom is 0.270 e. The number of aryl methyl sites for hydroxylation is 1. The van der Waals surface area contributed by atoms with Crippen LogP contribution >= 0.6 is 27.5 Å². The molecule has 35 heavy (non-hydrogen) atoms. The zero-order chi connectivity index (χ0) is 24.5. The summed E-state index contributed by atoms with van der Waals surface area (Å²) in [6.07, 6.45) is 0. The fourth-order valence-corrected chi connectivity index (χ4v) is 5.31. The van der Waals surface area contributed by atoms with Gasteiger partial charge in [-0.15, -0.1) is 0 Å². The molecule has 1 aliphatic heterocycles. The van der Waals surface area contributed by atoms with Gasteiger partial charge in [0.2, 0.25) is 0 Å². The van der Waals surface area contributed by atoms with Gasteiger partial charge in [0.15, 0.2) is 0 Å². The number of hydrogen-bond donors (Lipinski definition) is 0. The lowest BCUT2D eigenvalue weighted by atomic mass is 9.96. The van der Waals surface area contributed by atoms with Crippen molar-refractivity contribution in [1.29, 1.82) is 5.26 Å². The minimum absolute atomic E-state index is 0.0821. The van der Waals surface area contributed by atoms with E-state index < -0.39 is 0 Å². The van der Waals surface area contributed by atoms with Gasteiger partial charge in [-0.05, 0) is 51.3 Å². The number of nitriles is 1. The van der Waals surface area contributed by atoms with Gasteiger partial charge in [0, 0.05) is 38.2 Å². The molecule has 0 N–H and O–H groups in total. The normalized spacial score (nSPS) is 15.2. The maximum absolute atomic E-state index is 13.0. The fourth-order valence-electron chi connectivity index (χ4n) is 4.88. The van der Waals surface area contributed by atoms with Gasteiger partial charge >= 0.3 is 0 Å². The van der Waals surface area contributed by atoms with Crippen molar-refractivity contribution in [3.63, 3.8) is 0 Å². The molecule has 0 saturated carbocycles. The van der Waals surface area contributed by atoms with Gasteiger partial charge in [-0.1, -0.05) is 54.1 Å². The molecule has 1 aliphatic rings. The highest BCUT2D eigenvalue weighted by atomic mass is 79.9. The molecule has 4 aromatic rings. The summed E-state index contributed by atoms with van der Waals surface area (Å²) in [5.74, 6) is 0. The SMILES string of the molecule is Cn1c(=O)c(C#N)c(N2CCN([C@@H](c3ccccc3)c3ccc(Cl)cc3)CC2)c2nc(Br)ccc21. The Morgan fingerprint density at radius 3 is 2.29 bits per heavy atom. The molecule has 2 aromatic carbocycles. The van der Waals surface area contributed by atoms with Crippen molar-refractivity contribution in [3.8, 4) is 6.07 Å². The van der Waals surface area contributed by atoms with E-state index in [1.54, 1.807) is 7.05 Å². The van der Waals surface area contributed by atoms with Gasteiger partial charge in [0.1, 0.15) is 21.8 Å². The Bertz CT molecular complexity index is 1470. The molecular formula is C27H23BrClN5O. The molecule has 6 nitrogen and oxygen atoms in total. The number of pyridine rings is 2. The van der Waals surface area contributed by atoms with E-state index in [0.29, 0.717) is 39.4 Å². The lowest BCUT2D eigenvalue weighted by molar-refractivity contribution is 0.212. The third-order valence-electron chi connectivity index (χ3n) is 6.59. The molecular weight excluding hydrogens is 526 g/mol. The van der Waals surface area contributed by atoms with E-state index in [1.807, 2.05) is 30.3 Å². The van der Waals surface area contributed by atoms with E-state index in [0.717, 1.165) is 13.1 Å². The summed E-state index contributed by atoms with van der Waals surface area (Å²) in [7, 11) is 1.68. The van der Waals surface area contributed by atoms with Crippen molar-refractivity contribution in [1.82, 2.24) is 14.5 Å². The third-order valence-corrected chi connectivity index (χ3v) is 7.28. The molecule has 0 amide bonds. The first-order valence-electron chi connectivity index (χ1n) is 11.4. The summed E-state index contributed by atoms with van der Waals surface area (Å²) in [4.78, 5) is 22.2. The van der Waals surface area contributed by atoms with Crippen LogP contribution in [0.5, 0.6) is 0 Å². The highest BCUT2D eigenvalue weighted by Gasteiger charge is 2.29. The quantitative estimate of drug-likeness (QED) is 0.331. The molecule has 0 aliphatic carbocycles. The van der Waals surface area contributed by atoms with Crippen LogP contribution < -0.4 is 10.5 Å². The second-order valence-corrected chi connectivity index (χ2v) is 9.84. The molecule has 0 unspecified atom stereocenters. The summed E-state index contributed by atoms with van der Waals surface area (Å²) >= 11 is 9.61. The molecule has 0 spiro atoms. The largest absolute Gasteiger partial charge is 0.366 e. The average Bonchev–Trinajstić information content (AvgIpc) is 2.88. The molecule has 0 radical (unpaired) electrons. The zero-order valence-electron chi connectivity index (χ0n) is 19.2. The first kappa shape index (κ1) is 23.6. The highest BCUT2D eigenvalue weighted by molar-refractivity contribution is 9.10. The summed E-state index contributed by atoms with van der Waals surface area (Å²) < 4.78 is 2.17. The number of anilines is 1. The molecule has 3 heterocycles. The van der Waals surface area contributed by atoms with E-state index >= 15 is 0 Å². The van der Waals surface area contributed by atoms with E-state index in [9.17, 15) is 10.1 Å². The lowest BCUT2D eigenvalue weighted by Gasteiger charge is -2.41. The van der Waals surface area contributed by atoms with Gasteiger partial charge < -0.3 is 9.47 Å². The summed E-state index contributed by atoms with van der Waals surface area (Å²) in [5, 5.41) is 10.6. The van der Waals surface area contributed by atoms with Crippen LogP contribution in [0, 0.1) is 11.3 Å². The highest BCUT2D eigenvalue weighted by Crippen LogP contribution is 2.33. The molecule has 1 saturated heterocycles. The smallest absolute Gasteiger partial charge is 0.270 e. The van der Waals surface area contributed by atoms with Crippen LogP contribution in [-0.4, -0.2) is 40.6 Å². The van der Waals surface area contributed by atoms with Gasteiger partial charge in [0.25, 0.3) is 5.56 Å². The number of fused-ring (bicyclic) bond motifs is 1. The number of benzene rings is 2. The summed E-state index contributed by atoms with van der Waals surface area (Å²) in [6, 6.07) is 24.4. The van der Waals surface area contributed by atoms with Crippen LogP contribution in [0.1, 0.15) is 22.7 Å². The van der Waals surface area contributed by atoms with E-state index in [-0.39, 0.29) is 17.2 Å². The lowest BCUT2D eigenvalue weighted by Crippen LogP contribution is -2.48. The third kappa shape index (κ3) is 4.45. The Labute approximate surface area is 217 Å². The fraction of sp³-hybridized carbons (Fsp3) is 0.222. The number of piperazine rings is 1. The number of rotatable bonds is 4. The number of halogens is 2. The number of hydrogen-bond acceptors (Lipinski definition) is 5. The molecule has 0 bridgehead atoms. The predicted molar refractivity (Wildman–Crippen MR) is 143 cm³/mol. The van der Waals surface area contributed by atoms with Crippen molar-refractivity contribution < 1.29 is 0 Å². The van der Waals surface area contributed by atoms with Crippen molar-refractivity contribution in [2.45, 2.75) is 6.04 Å². The van der Waals surface area contributed by atoms with Gasteiger partial charge in [-0.3, -0.25) is 9.69 Å². The van der Waals surface area contributed by atoms with Gasteiger partial charge in [-0.25, -0.2) is 4.98 Å². The van der Waals surface area contributed by atoms with Crippen LogP contribution in [0.2, 0.25) is 5.02 Å². The topological polar surface area (TPSA) is 65.2 Å². The molecule has 176 valence electrons. The van der Waals surface area contributed by atoms with Gasteiger partial charge in [-0.2, -0.15) is 5.26 Å². The van der Waals surface area contributed by atoms with Crippen molar-refractivity contribution in [3.05, 3.63) is 103 Å². The number of nitrogens with zero attached hydrogens (tertiary/aromatic N) is 5. The van der Waals surface area contributed by atoms with Crippen molar-refractivity contribution in [2.24, 2.45) is 7.05 Å². The first-order valence-corrected chi connectivity index (χ1v) is 12.5. The molecule has 8 heteroatoms. The van der Waals surface area contributed by atoms with E-state index in [1.165, 1.54) is 15.7 Å². The monoisotopic (exact) mass is 547 g/mol. The van der Waals surface area contributed by atoms with Gasteiger partial charge in [0.05, 0.1) is 17.2 Å². The minimum Gasteiger partial charge on any atom is -0.366 e. The molecule has 1 atom stereocenters. The van der Waals surface area contributed by atoms with Crippen LogP contribution in [-0.2, 0) is 7.05 Å². The minimum atomic E-state index is -0.301. The van der Waals surface area contributed by atoms with Crippen LogP contribution in [0.25, 0.3) is 11.0 Å². The molecule has 1 fully saturated rings. The Balaban J connectivity index is 1.51. The summed E-state index contributed by atoms with van der Waals surface area (Å²) in [5.41, 5.74) is 4.21. The van der Waals surface area contributed by atoms with Crippen molar-refractivity contribution >= 4 is 44.3 Å². The Morgan fingerprint density at radius 1 is 0.971 bits per heavy atom. The molecule has 2 aromatic heterocycles.